The molecule has 2 aromatic carbocycles. The van der Waals surface area contributed by atoms with Crippen LogP contribution in [0, 0.1) is 5.92 Å². The number of benzene rings is 2. The van der Waals surface area contributed by atoms with E-state index in [1.807, 2.05) is 30.3 Å². The number of esters is 1. The fourth-order valence-corrected chi connectivity index (χ4v) is 4.00. The zero-order chi connectivity index (χ0) is 20.9. The van der Waals surface area contributed by atoms with E-state index in [4.69, 9.17) is 9.26 Å². The molecule has 3 aromatic rings. The van der Waals surface area contributed by atoms with Crippen LogP contribution in [0.4, 0.5) is 0 Å². The van der Waals surface area contributed by atoms with E-state index < -0.39 is 22.0 Å². The highest BCUT2D eigenvalue weighted by Crippen LogP contribution is 2.20. The molecule has 29 heavy (non-hydrogen) atoms. The molecule has 0 radical (unpaired) electrons. The minimum absolute atomic E-state index is 0.0856. The van der Waals surface area contributed by atoms with Gasteiger partial charge >= 0.3 is 5.97 Å². The first kappa shape index (κ1) is 20.8. The van der Waals surface area contributed by atoms with Gasteiger partial charge in [0.05, 0.1) is 4.90 Å². The van der Waals surface area contributed by atoms with Gasteiger partial charge in [0.1, 0.15) is 18.3 Å². The average molecular weight is 414 g/mol. The summed E-state index contributed by atoms with van der Waals surface area (Å²) in [6.07, 6.45) is 0. The maximum Gasteiger partial charge on any atom is 0.324 e. The summed E-state index contributed by atoms with van der Waals surface area (Å²) in [5, 5.41) is 3.90. The van der Waals surface area contributed by atoms with Crippen LogP contribution in [0.15, 0.2) is 76.1 Å². The molecule has 1 aromatic heterocycles. The molecule has 0 aliphatic rings. The van der Waals surface area contributed by atoms with Crippen molar-refractivity contribution in [1.82, 2.24) is 9.88 Å². The van der Waals surface area contributed by atoms with Gasteiger partial charge in [0, 0.05) is 11.6 Å². The molecule has 0 fully saturated rings. The Kier molecular flexibility index (Phi) is 6.46. The van der Waals surface area contributed by atoms with Gasteiger partial charge in [-0.3, -0.25) is 4.79 Å². The van der Waals surface area contributed by atoms with Crippen LogP contribution in [0.1, 0.15) is 19.5 Å². The van der Waals surface area contributed by atoms with E-state index in [0.717, 1.165) is 5.56 Å². The lowest BCUT2D eigenvalue weighted by molar-refractivity contribution is -0.148. The van der Waals surface area contributed by atoms with Crippen molar-refractivity contribution in [3.63, 3.8) is 0 Å². The van der Waals surface area contributed by atoms with Crippen LogP contribution in [0.2, 0.25) is 0 Å². The van der Waals surface area contributed by atoms with Crippen LogP contribution in [0.25, 0.3) is 11.3 Å². The van der Waals surface area contributed by atoms with Crippen molar-refractivity contribution >= 4 is 16.0 Å². The van der Waals surface area contributed by atoms with Gasteiger partial charge in [-0.05, 0) is 18.1 Å². The number of hydrogen-bond donors (Lipinski definition) is 1. The second-order valence-electron chi connectivity index (χ2n) is 6.81. The van der Waals surface area contributed by atoms with Crippen LogP contribution in [0.3, 0.4) is 0 Å². The van der Waals surface area contributed by atoms with Gasteiger partial charge < -0.3 is 9.26 Å². The molecular weight excluding hydrogens is 392 g/mol. The van der Waals surface area contributed by atoms with E-state index in [1.54, 1.807) is 38.1 Å². The molecular formula is C21H22N2O5S. The number of sulfonamides is 1. The van der Waals surface area contributed by atoms with Gasteiger partial charge in [-0.2, -0.15) is 4.72 Å². The molecule has 1 atom stereocenters. The minimum atomic E-state index is -3.85. The third-order valence-electron chi connectivity index (χ3n) is 4.24. The molecule has 8 heteroatoms. The molecule has 0 aliphatic carbocycles. The number of carbonyl (C=O) groups is 1. The number of hydrogen-bond acceptors (Lipinski definition) is 6. The van der Waals surface area contributed by atoms with Crippen molar-refractivity contribution in [2.24, 2.45) is 5.92 Å². The zero-order valence-corrected chi connectivity index (χ0v) is 16.9. The van der Waals surface area contributed by atoms with Crippen LogP contribution in [0.5, 0.6) is 0 Å². The molecule has 0 bridgehead atoms. The standard InChI is InChI=1S/C21H22N2O5S/c1-15(2)20(23-29(25,26)18-11-7-4-8-12-18)21(24)27-14-17-13-19(28-22-17)16-9-5-3-6-10-16/h3-13,15,20,23H,14H2,1-2H3/t20-/m0/s1. The van der Waals surface area contributed by atoms with E-state index in [1.165, 1.54) is 12.1 Å². The van der Waals surface area contributed by atoms with Crippen molar-refractivity contribution in [2.75, 3.05) is 0 Å². The highest BCUT2D eigenvalue weighted by atomic mass is 32.2. The van der Waals surface area contributed by atoms with Crippen molar-refractivity contribution in [3.05, 3.63) is 72.4 Å². The molecule has 0 unspecified atom stereocenters. The van der Waals surface area contributed by atoms with Gasteiger partial charge in [-0.1, -0.05) is 67.5 Å². The summed E-state index contributed by atoms with van der Waals surface area (Å²) >= 11 is 0. The zero-order valence-electron chi connectivity index (χ0n) is 16.1. The van der Waals surface area contributed by atoms with E-state index >= 15 is 0 Å². The predicted octanol–water partition coefficient (Wildman–Crippen LogP) is 3.39. The Labute approximate surface area is 169 Å². The first-order valence-electron chi connectivity index (χ1n) is 9.12. The van der Waals surface area contributed by atoms with E-state index in [9.17, 15) is 13.2 Å². The van der Waals surface area contributed by atoms with Crippen LogP contribution >= 0.6 is 0 Å². The third kappa shape index (κ3) is 5.30. The Bertz CT molecular complexity index is 1050. The molecule has 0 saturated carbocycles. The lowest BCUT2D eigenvalue weighted by Crippen LogP contribution is -2.45. The summed E-state index contributed by atoms with van der Waals surface area (Å²) in [7, 11) is -3.85. The number of nitrogens with zero attached hydrogens (tertiary/aromatic N) is 1. The van der Waals surface area contributed by atoms with Crippen molar-refractivity contribution in [1.29, 1.82) is 0 Å². The maximum atomic E-state index is 12.5. The summed E-state index contributed by atoms with van der Waals surface area (Å²) in [6.45, 7) is 3.36. The largest absolute Gasteiger partial charge is 0.458 e. The SMILES string of the molecule is CC(C)[C@H](NS(=O)(=O)c1ccccc1)C(=O)OCc1cc(-c2ccccc2)on1. The smallest absolute Gasteiger partial charge is 0.324 e. The molecule has 1 N–H and O–H groups in total. The molecule has 1 heterocycles. The second-order valence-corrected chi connectivity index (χ2v) is 8.53. The topological polar surface area (TPSA) is 98.5 Å². The van der Waals surface area contributed by atoms with E-state index in [-0.39, 0.29) is 17.4 Å². The van der Waals surface area contributed by atoms with Crippen molar-refractivity contribution < 1.29 is 22.5 Å². The maximum absolute atomic E-state index is 12.5. The van der Waals surface area contributed by atoms with Crippen LogP contribution < -0.4 is 4.72 Å². The average Bonchev–Trinajstić information content (AvgIpc) is 3.20. The first-order chi connectivity index (χ1) is 13.9. The highest BCUT2D eigenvalue weighted by Gasteiger charge is 2.29. The Morgan fingerprint density at radius 2 is 1.69 bits per heavy atom. The Morgan fingerprint density at radius 1 is 1.07 bits per heavy atom. The van der Waals surface area contributed by atoms with Gasteiger partial charge in [0.15, 0.2) is 5.76 Å². The van der Waals surface area contributed by atoms with Gasteiger partial charge in [-0.15, -0.1) is 0 Å². The molecule has 0 amide bonds. The Hall–Kier alpha value is -2.97. The fourth-order valence-electron chi connectivity index (χ4n) is 2.64. The number of ether oxygens (including phenoxy) is 1. The summed E-state index contributed by atoms with van der Waals surface area (Å²) in [5.41, 5.74) is 1.29. The normalized spacial score (nSPS) is 12.7. The molecule has 0 saturated heterocycles. The number of carbonyl (C=O) groups excluding carboxylic acids is 1. The van der Waals surface area contributed by atoms with Crippen molar-refractivity contribution in [3.8, 4) is 11.3 Å². The quantitative estimate of drug-likeness (QED) is 0.568. The van der Waals surface area contributed by atoms with Gasteiger partial charge in [0.2, 0.25) is 10.0 Å². The Balaban J connectivity index is 1.65. The second kappa shape index (κ2) is 9.02. The summed E-state index contributed by atoms with van der Waals surface area (Å²) in [4.78, 5) is 12.6. The minimum Gasteiger partial charge on any atom is -0.458 e. The molecule has 152 valence electrons. The highest BCUT2D eigenvalue weighted by molar-refractivity contribution is 7.89. The molecule has 0 aliphatic heterocycles. The van der Waals surface area contributed by atoms with Crippen molar-refractivity contribution in [2.45, 2.75) is 31.4 Å². The molecule has 7 nitrogen and oxygen atoms in total. The lowest BCUT2D eigenvalue weighted by atomic mass is 10.1. The molecule has 3 rings (SSSR count). The Morgan fingerprint density at radius 3 is 2.31 bits per heavy atom. The summed E-state index contributed by atoms with van der Waals surface area (Å²) < 4.78 is 38.1. The summed E-state index contributed by atoms with van der Waals surface area (Å²) in [5.74, 6) is -0.427. The third-order valence-corrected chi connectivity index (χ3v) is 5.69. The van der Waals surface area contributed by atoms with Gasteiger partial charge in [0.25, 0.3) is 0 Å². The number of aromatic nitrogens is 1. The number of rotatable bonds is 8. The monoisotopic (exact) mass is 414 g/mol. The van der Waals surface area contributed by atoms with E-state index in [2.05, 4.69) is 9.88 Å². The first-order valence-corrected chi connectivity index (χ1v) is 10.6. The van der Waals surface area contributed by atoms with Crippen LogP contribution in [-0.4, -0.2) is 25.6 Å². The predicted molar refractivity (Wildman–Crippen MR) is 107 cm³/mol. The van der Waals surface area contributed by atoms with Crippen LogP contribution in [-0.2, 0) is 26.2 Å². The number of nitrogens with one attached hydrogen (secondary N) is 1. The van der Waals surface area contributed by atoms with Gasteiger partial charge in [-0.25, -0.2) is 8.42 Å². The lowest BCUT2D eigenvalue weighted by Gasteiger charge is -2.20. The molecule has 0 spiro atoms. The summed E-state index contributed by atoms with van der Waals surface area (Å²) in [6, 6.07) is 17.9. The van der Waals surface area contributed by atoms with E-state index in [0.29, 0.717) is 11.5 Å². The fraction of sp³-hybridized carbons (Fsp3) is 0.238.